The van der Waals surface area contributed by atoms with E-state index in [2.05, 4.69) is 17.6 Å². The summed E-state index contributed by atoms with van der Waals surface area (Å²) in [5.41, 5.74) is 1.92. The number of rotatable bonds is 9. The van der Waals surface area contributed by atoms with E-state index in [0.29, 0.717) is 18.7 Å². The molecule has 30 heavy (non-hydrogen) atoms. The number of carbonyl (C=O) groups is 2. The van der Waals surface area contributed by atoms with Crippen LogP contribution < -0.4 is 15.4 Å². The van der Waals surface area contributed by atoms with Gasteiger partial charge < -0.3 is 15.4 Å². The van der Waals surface area contributed by atoms with Gasteiger partial charge in [0, 0.05) is 10.4 Å². The van der Waals surface area contributed by atoms with Gasteiger partial charge in [0.05, 0.1) is 6.54 Å². The van der Waals surface area contributed by atoms with Gasteiger partial charge in [-0.3, -0.25) is 9.59 Å². The van der Waals surface area contributed by atoms with Crippen molar-refractivity contribution in [2.24, 2.45) is 0 Å². The molecule has 0 fully saturated rings. The molecule has 6 heteroatoms. The van der Waals surface area contributed by atoms with Crippen molar-refractivity contribution >= 4 is 29.2 Å². The minimum Gasteiger partial charge on any atom is -0.492 e. The number of carbonyl (C=O) groups excluding carboxylic acids is 2. The maximum Gasteiger partial charge on any atom is 0.267 e. The van der Waals surface area contributed by atoms with Crippen LogP contribution in [0.5, 0.6) is 5.75 Å². The normalized spacial score (nSPS) is 11.0. The highest BCUT2D eigenvalue weighted by Gasteiger charge is 2.14. The summed E-state index contributed by atoms with van der Waals surface area (Å²) in [6.07, 6.45) is 2.65. The third-order valence-corrected chi connectivity index (χ3v) is 5.17. The first kappa shape index (κ1) is 21.3. The average Bonchev–Trinajstić information content (AvgIpc) is 3.30. The second kappa shape index (κ2) is 11.0. The van der Waals surface area contributed by atoms with Crippen LogP contribution in [0.25, 0.3) is 6.08 Å². The molecule has 0 unspecified atom stereocenters. The Morgan fingerprint density at radius 1 is 1.00 bits per heavy atom. The van der Waals surface area contributed by atoms with Gasteiger partial charge in [-0.1, -0.05) is 43.3 Å². The number of aryl methyl sites for hydroxylation is 1. The second-order valence-electron chi connectivity index (χ2n) is 6.50. The first-order valence-electron chi connectivity index (χ1n) is 9.77. The molecular weight excluding hydrogens is 396 g/mol. The zero-order chi connectivity index (χ0) is 21.2. The van der Waals surface area contributed by atoms with Crippen molar-refractivity contribution in [3.05, 3.63) is 93.8 Å². The van der Waals surface area contributed by atoms with Crippen LogP contribution in [0, 0.1) is 0 Å². The molecule has 0 radical (unpaired) electrons. The van der Waals surface area contributed by atoms with Crippen molar-refractivity contribution in [2.45, 2.75) is 13.3 Å². The van der Waals surface area contributed by atoms with Gasteiger partial charge in [-0.05, 0) is 53.8 Å². The Morgan fingerprint density at radius 3 is 2.43 bits per heavy atom. The number of benzene rings is 2. The van der Waals surface area contributed by atoms with Crippen LogP contribution in [0.4, 0.5) is 0 Å². The third-order valence-electron chi connectivity index (χ3n) is 4.35. The van der Waals surface area contributed by atoms with Crippen LogP contribution in [-0.2, 0) is 11.2 Å². The summed E-state index contributed by atoms with van der Waals surface area (Å²) < 4.78 is 5.67. The minimum absolute atomic E-state index is 0.193. The molecule has 2 aromatic carbocycles. The van der Waals surface area contributed by atoms with E-state index in [4.69, 9.17) is 4.74 Å². The van der Waals surface area contributed by atoms with Gasteiger partial charge in [0.1, 0.15) is 18.1 Å². The Hall–Kier alpha value is -3.38. The maximum atomic E-state index is 12.7. The molecule has 0 aliphatic carbocycles. The summed E-state index contributed by atoms with van der Waals surface area (Å²) in [6.45, 7) is 2.75. The average molecular weight is 421 g/mol. The van der Waals surface area contributed by atoms with E-state index in [-0.39, 0.29) is 17.5 Å². The van der Waals surface area contributed by atoms with Gasteiger partial charge >= 0.3 is 0 Å². The Bertz CT molecular complexity index is 981. The summed E-state index contributed by atoms with van der Waals surface area (Å²) in [6, 6.07) is 20.5. The summed E-state index contributed by atoms with van der Waals surface area (Å²) >= 11 is 1.49. The first-order valence-corrected chi connectivity index (χ1v) is 10.6. The lowest BCUT2D eigenvalue weighted by molar-refractivity contribution is -0.117. The van der Waals surface area contributed by atoms with Crippen molar-refractivity contribution in [3.63, 3.8) is 0 Å². The number of hydrogen-bond acceptors (Lipinski definition) is 4. The lowest BCUT2D eigenvalue weighted by Gasteiger charge is -2.12. The van der Waals surface area contributed by atoms with Crippen molar-refractivity contribution in [1.29, 1.82) is 0 Å². The fourth-order valence-corrected chi connectivity index (χ4v) is 3.37. The van der Waals surface area contributed by atoms with Gasteiger partial charge in [-0.25, -0.2) is 0 Å². The van der Waals surface area contributed by atoms with Crippen LogP contribution in [-0.4, -0.2) is 25.0 Å². The minimum atomic E-state index is -0.363. The molecule has 154 valence electrons. The third kappa shape index (κ3) is 6.32. The molecule has 0 spiro atoms. The molecule has 0 aliphatic heterocycles. The maximum absolute atomic E-state index is 12.7. The molecule has 5 nitrogen and oxygen atoms in total. The van der Waals surface area contributed by atoms with Gasteiger partial charge in [-0.2, -0.15) is 0 Å². The molecule has 0 atom stereocenters. The summed E-state index contributed by atoms with van der Waals surface area (Å²) in [4.78, 5) is 26.1. The number of amides is 2. The van der Waals surface area contributed by atoms with E-state index >= 15 is 0 Å². The largest absolute Gasteiger partial charge is 0.492 e. The van der Waals surface area contributed by atoms with E-state index in [1.54, 1.807) is 30.3 Å². The van der Waals surface area contributed by atoms with Crippen molar-refractivity contribution in [1.82, 2.24) is 10.6 Å². The van der Waals surface area contributed by atoms with Crippen molar-refractivity contribution < 1.29 is 14.3 Å². The van der Waals surface area contributed by atoms with E-state index < -0.39 is 0 Å². The molecule has 1 heterocycles. The van der Waals surface area contributed by atoms with Gasteiger partial charge in [0.25, 0.3) is 11.8 Å². The highest BCUT2D eigenvalue weighted by molar-refractivity contribution is 7.10. The molecule has 0 bridgehead atoms. The fraction of sp³-hybridized carbons (Fsp3) is 0.167. The standard InChI is InChI=1S/C24H24N2O3S/c1-2-18-10-12-20(13-11-18)29-15-14-25-24(28)22(17-21-9-6-16-30-21)26-23(27)19-7-4-3-5-8-19/h3-13,16-17H,2,14-15H2,1H3,(H,25,28)(H,26,27)/b22-17-. The molecule has 0 saturated carbocycles. The smallest absolute Gasteiger partial charge is 0.267 e. The Morgan fingerprint density at radius 2 is 1.77 bits per heavy atom. The summed E-state index contributed by atoms with van der Waals surface area (Å²) in [5.74, 6) is 0.0617. The van der Waals surface area contributed by atoms with E-state index in [1.165, 1.54) is 16.9 Å². The van der Waals surface area contributed by atoms with Gasteiger partial charge in [0.2, 0.25) is 0 Å². The zero-order valence-corrected chi connectivity index (χ0v) is 17.6. The lowest BCUT2D eigenvalue weighted by Crippen LogP contribution is -2.36. The molecule has 2 N–H and O–H groups in total. The van der Waals surface area contributed by atoms with Crippen LogP contribution in [0.3, 0.4) is 0 Å². The van der Waals surface area contributed by atoms with Gasteiger partial charge in [0.15, 0.2) is 0 Å². The molecule has 0 aliphatic rings. The SMILES string of the molecule is CCc1ccc(OCCNC(=O)/C(=C/c2cccs2)NC(=O)c2ccccc2)cc1. The van der Waals surface area contributed by atoms with Crippen LogP contribution in [0.1, 0.15) is 27.7 Å². The summed E-state index contributed by atoms with van der Waals surface area (Å²) in [5, 5.41) is 7.44. The Balaban J connectivity index is 1.58. The molecule has 3 aromatic rings. The second-order valence-corrected chi connectivity index (χ2v) is 7.47. The topological polar surface area (TPSA) is 67.4 Å². The monoisotopic (exact) mass is 420 g/mol. The van der Waals surface area contributed by atoms with Crippen LogP contribution >= 0.6 is 11.3 Å². The van der Waals surface area contributed by atoms with Crippen LogP contribution in [0.2, 0.25) is 0 Å². The molecular formula is C24H24N2O3S. The van der Waals surface area contributed by atoms with E-state index in [1.807, 2.05) is 47.8 Å². The summed E-state index contributed by atoms with van der Waals surface area (Å²) in [7, 11) is 0. The highest BCUT2D eigenvalue weighted by atomic mass is 32.1. The molecule has 1 aromatic heterocycles. The lowest BCUT2D eigenvalue weighted by atomic mass is 10.2. The number of hydrogen-bond donors (Lipinski definition) is 2. The van der Waals surface area contributed by atoms with Crippen molar-refractivity contribution in [3.8, 4) is 5.75 Å². The zero-order valence-electron chi connectivity index (χ0n) is 16.8. The molecule has 0 saturated heterocycles. The predicted molar refractivity (Wildman–Crippen MR) is 121 cm³/mol. The number of ether oxygens (including phenoxy) is 1. The molecule has 2 amide bonds. The van der Waals surface area contributed by atoms with E-state index in [9.17, 15) is 9.59 Å². The fourth-order valence-electron chi connectivity index (χ4n) is 2.71. The highest BCUT2D eigenvalue weighted by Crippen LogP contribution is 2.14. The quantitative estimate of drug-likeness (QED) is 0.401. The van der Waals surface area contributed by atoms with Crippen molar-refractivity contribution in [2.75, 3.05) is 13.2 Å². The van der Waals surface area contributed by atoms with Crippen LogP contribution in [0.15, 0.2) is 77.8 Å². The molecule has 3 rings (SSSR count). The predicted octanol–water partition coefficient (Wildman–Crippen LogP) is 4.28. The van der Waals surface area contributed by atoms with Gasteiger partial charge in [-0.15, -0.1) is 11.3 Å². The Labute approximate surface area is 180 Å². The van der Waals surface area contributed by atoms with E-state index in [0.717, 1.165) is 17.0 Å². The Kier molecular flexibility index (Phi) is 7.80. The number of nitrogens with one attached hydrogen (secondary N) is 2. The number of thiophene rings is 1. The first-order chi connectivity index (χ1) is 14.7.